The second-order valence-corrected chi connectivity index (χ2v) is 12.8. The van der Waals surface area contributed by atoms with Crippen LogP contribution in [-0.4, -0.2) is 59.1 Å². The molecule has 5 atom stereocenters. The lowest BCUT2D eigenvalue weighted by atomic mass is 10.1. The zero-order valence-electron chi connectivity index (χ0n) is 18.8. The third-order valence-corrected chi connectivity index (χ3v) is 9.20. The number of halogens is 2. The first-order valence-corrected chi connectivity index (χ1v) is 14.7. The van der Waals surface area contributed by atoms with E-state index in [4.69, 9.17) is 30.6 Å². The number of aliphatic hydroxyl groups excluding tert-OH is 1. The Kier molecular flexibility index (Phi) is 7.87. The van der Waals surface area contributed by atoms with Gasteiger partial charge in [0.05, 0.1) is 30.3 Å². The van der Waals surface area contributed by atoms with Gasteiger partial charge in [0.15, 0.2) is 16.7 Å². The number of nitrogens with zero attached hydrogens (tertiary/aromatic N) is 3. The number of benzene rings is 1. The highest BCUT2D eigenvalue weighted by Crippen LogP contribution is 2.55. The van der Waals surface area contributed by atoms with Crippen LogP contribution in [0.3, 0.4) is 0 Å². The first-order valence-electron chi connectivity index (χ1n) is 10.7. The molecule has 1 saturated heterocycles. The third-order valence-electron chi connectivity index (χ3n) is 5.56. The standard InChI is InChI=1S/C20H24ClFN4O8P2/c1-11(12-2-4-13(22)5-3-12)24-14-6-19(21)25-26-15(8-23-20(14)26)17-7-16(27)18(34-17)9-33-36(31,32)10-35(28,29)30/h2-6,8,11,16-18,24,27H,7,9-10H2,1H3,(H,31,32)(H2,28,29,30)/t11-,16-,17+,18+/m0/s1. The maximum atomic E-state index is 13.3. The molecule has 1 unspecified atom stereocenters. The Hall–Kier alpha value is -1.92. The quantitative estimate of drug-likeness (QED) is 0.241. The van der Waals surface area contributed by atoms with Crippen LogP contribution < -0.4 is 5.32 Å². The van der Waals surface area contributed by atoms with Crippen LogP contribution in [0.4, 0.5) is 10.1 Å². The minimum Gasteiger partial charge on any atom is -0.390 e. The zero-order chi connectivity index (χ0) is 26.3. The van der Waals surface area contributed by atoms with Crippen molar-refractivity contribution in [3.63, 3.8) is 0 Å². The van der Waals surface area contributed by atoms with Crippen molar-refractivity contribution in [3.05, 3.63) is 58.8 Å². The highest BCUT2D eigenvalue weighted by atomic mass is 35.5. The Morgan fingerprint density at radius 1 is 1.31 bits per heavy atom. The molecule has 0 radical (unpaired) electrons. The van der Waals surface area contributed by atoms with Gasteiger partial charge in [-0.05, 0) is 24.6 Å². The lowest BCUT2D eigenvalue weighted by Crippen LogP contribution is -2.26. The molecule has 196 valence electrons. The molecule has 1 aliphatic heterocycles. The molecule has 0 saturated carbocycles. The van der Waals surface area contributed by atoms with E-state index in [-0.39, 0.29) is 23.4 Å². The number of fused-ring (bicyclic) bond motifs is 1. The topological polar surface area (TPSA) is 176 Å². The molecule has 3 aromatic rings. The van der Waals surface area contributed by atoms with Gasteiger partial charge in [-0.15, -0.1) is 0 Å². The lowest BCUT2D eigenvalue weighted by Gasteiger charge is -2.18. The van der Waals surface area contributed by atoms with Gasteiger partial charge in [-0.25, -0.2) is 13.9 Å². The number of imidazole rings is 1. The largest absolute Gasteiger partial charge is 0.390 e. The summed E-state index contributed by atoms with van der Waals surface area (Å²) in [6.45, 7) is 1.33. The van der Waals surface area contributed by atoms with E-state index in [0.717, 1.165) is 5.56 Å². The minimum atomic E-state index is -4.78. The molecule has 1 aromatic carbocycles. The summed E-state index contributed by atoms with van der Waals surface area (Å²) in [5, 5.41) is 18.1. The number of hydrogen-bond donors (Lipinski definition) is 5. The van der Waals surface area contributed by atoms with Crippen LogP contribution >= 0.6 is 26.8 Å². The molecule has 36 heavy (non-hydrogen) atoms. The highest BCUT2D eigenvalue weighted by molar-refractivity contribution is 7.70. The van der Waals surface area contributed by atoms with Crippen LogP contribution in [0.2, 0.25) is 5.15 Å². The predicted octanol–water partition coefficient (Wildman–Crippen LogP) is 3.22. The van der Waals surface area contributed by atoms with E-state index in [9.17, 15) is 23.5 Å². The second-order valence-electron chi connectivity index (χ2n) is 8.42. The lowest BCUT2D eigenvalue weighted by molar-refractivity contribution is -0.0198. The summed E-state index contributed by atoms with van der Waals surface area (Å²) in [6.07, 6.45) is -1.27. The van der Waals surface area contributed by atoms with Crippen LogP contribution in [0.25, 0.3) is 5.65 Å². The fraction of sp³-hybridized carbons (Fsp3) is 0.400. The fourth-order valence-corrected chi connectivity index (χ4v) is 6.64. The monoisotopic (exact) mass is 564 g/mol. The third kappa shape index (κ3) is 6.49. The summed E-state index contributed by atoms with van der Waals surface area (Å²) < 4.78 is 48.2. The Balaban J connectivity index is 1.50. The van der Waals surface area contributed by atoms with E-state index in [2.05, 4.69) is 15.4 Å². The van der Waals surface area contributed by atoms with Crippen LogP contribution in [0, 0.1) is 5.82 Å². The van der Waals surface area contributed by atoms with Gasteiger partial charge in [0.25, 0.3) is 0 Å². The van der Waals surface area contributed by atoms with Crippen molar-refractivity contribution in [2.75, 3.05) is 17.8 Å². The van der Waals surface area contributed by atoms with E-state index in [1.165, 1.54) is 22.8 Å². The second kappa shape index (κ2) is 10.4. The molecule has 3 heterocycles. The van der Waals surface area contributed by atoms with Crippen molar-refractivity contribution < 1.29 is 42.6 Å². The van der Waals surface area contributed by atoms with Gasteiger partial charge >= 0.3 is 15.2 Å². The number of hydrogen-bond acceptors (Lipinski definition) is 8. The Morgan fingerprint density at radius 2 is 2.00 bits per heavy atom. The maximum absolute atomic E-state index is 13.3. The van der Waals surface area contributed by atoms with Gasteiger partial charge in [0.2, 0.25) is 0 Å². The Bertz CT molecular complexity index is 1340. The zero-order valence-corrected chi connectivity index (χ0v) is 21.4. The summed E-state index contributed by atoms with van der Waals surface area (Å²) in [7, 11) is -9.38. The summed E-state index contributed by atoms with van der Waals surface area (Å²) in [4.78, 5) is 31.9. The number of nitrogens with one attached hydrogen (secondary N) is 1. The van der Waals surface area contributed by atoms with E-state index < -0.39 is 46.0 Å². The first kappa shape index (κ1) is 27.1. The van der Waals surface area contributed by atoms with Gasteiger partial charge in [-0.3, -0.25) is 9.13 Å². The molecule has 0 spiro atoms. The van der Waals surface area contributed by atoms with Crippen molar-refractivity contribution in [1.29, 1.82) is 0 Å². The molecule has 2 aromatic heterocycles. The van der Waals surface area contributed by atoms with Gasteiger partial charge in [0, 0.05) is 18.5 Å². The van der Waals surface area contributed by atoms with Gasteiger partial charge < -0.3 is 34.4 Å². The Morgan fingerprint density at radius 3 is 2.67 bits per heavy atom. The smallest absolute Gasteiger partial charge is 0.340 e. The molecule has 5 N–H and O–H groups in total. The molecule has 1 aliphatic rings. The average molecular weight is 565 g/mol. The van der Waals surface area contributed by atoms with Crippen molar-refractivity contribution in [3.8, 4) is 0 Å². The van der Waals surface area contributed by atoms with Gasteiger partial charge in [0.1, 0.15) is 18.0 Å². The summed E-state index contributed by atoms with van der Waals surface area (Å²) in [5.41, 5.74) is 2.26. The van der Waals surface area contributed by atoms with Crippen molar-refractivity contribution in [1.82, 2.24) is 14.6 Å². The molecule has 0 bridgehead atoms. The fourth-order valence-electron chi connectivity index (χ4n) is 3.88. The summed E-state index contributed by atoms with van der Waals surface area (Å²) >= 11 is 6.24. The van der Waals surface area contributed by atoms with Crippen molar-refractivity contribution in [2.45, 2.75) is 37.7 Å². The molecule has 16 heteroatoms. The number of rotatable bonds is 9. The van der Waals surface area contributed by atoms with Crippen LogP contribution in [0.15, 0.2) is 36.5 Å². The van der Waals surface area contributed by atoms with E-state index in [1.54, 1.807) is 18.2 Å². The molecule has 12 nitrogen and oxygen atoms in total. The SMILES string of the molecule is C[C@H](Nc1cc(Cl)nn2c([C@H]3C[C@H](O)[C@@H](COP(=O)(O)CP(=O)(O)O)O3)cnc12)c1ccc(F)cc1. The van der Waals surface area contributed by atoms with Crippen LogP contribution in [0.5, 0.6) is 0 Å². The minimum absolute atomic E-state index is 0.0823. The number of anilines is 1. The Labute approximate surface area is 209 Å². The number of ether oxygens (including phenoxy) is 1. The average Bonchev–Trinajstić information content (AvgIpc) is 3.34. The molecule has 1 fully saturated rings. The van der Waals surface area contributed by atoms with E-state index in [1.807, 2.05) is 6.92 Å². The van der Waals surface area contributed by atoms with Crippen molar-refractivity contribution in [2.24, 2.45) is 0 Å². The van der Waals surface area contributed by atoms with Crippen molar-refractivity contribution >= 4 is 38.1 Å². The predicted molar refractivity (Wildman–Crippen MR) is 127 cm³/mol. The van der Waals surface area contributed by atoms with Crippen LogP contribution in [-0.2, 0) is 18.4 Å². The molecule has 4 rings (SSSR count). The molecular weight excluding hydrogens is 541 g/mol. The van der Waals surface area contributed by atoms with E-state index >= 15 is 0 Å². The van der Waals surface area contributed by atoms with Gasteiger partial charge in [-0.1, -0.05) is 23.7 Å². The number of aromatic nitrogens is 3. The highest BCUT2D eigenvalue weighted by Gasteiger charge is 2.39. The normalized spacial score (nSPS) is 23.0. The van der Waals surface area contributed by atoms with Crippen LogP contribution in [0.1, 0.15) is 36.7 Å². The molecular formula is C20H24ClFN4O8P2. The maximum Gasteiger partial charge on any atom is 0.340 e. The number of aliphatic hydroxyl groups is 1. The molecule has 0 aliphatic carbocycles. The summed E-state index contributed by atoms with van der Waals surface area (Å²) in [5.74, 6) is -1.68. The molecule has 0 amide bonds. The first-order chi connectivity index (χ1) is 16.8. The summed E-state index contributed by atoms with van der Waals surface area (Å²) in [6, 6.07) is 7.41. The van der Waals surface area contributed by atoms with Gasteiger partial charge in [-0.2, -0.15) is 5.10 Å². The van der Waals surface area contributed by atoms with E-state index in [0.29, 0.717) is 17.0 Å².